The first-order valence-corrected chi connectivity index (χ1v) is 15.5. The van der Waals surface area contributed by atoms with E-state index in [1.807, 2.05) is 0 Å². The molecule has 0 saturated carbocycles. The monoisotopic (exact) mass is 721 g/mol. The van der Waals surface area contributed by atoms with E-state index in [-0.39, 0.29) is 0 Å². The fourth-order valence-electron chi connectivity index (χ4n) is 6.11. The molecule has 22 nitrogen and oxygen atoms in total. The van der Waals surface area contributed by atoms with Crippen molar-refractivity contribution in [1.29, 1.82) is 0 Å². The van der Waals surface area contributed by atoms with Crippen molar-refractivity contribution in [3.05, 3.63) is 0 Å². The van der Waals surface area contributed by atoms with Crippen LogP contribution in [0.15, 0.2) is 0 Å². The standard InChI is InChI=1S/C27H47NO21/c1-7(32)28-12-15(35)22(49-26-18(38)16(36)13(33)8(3-29)45-26)11(44-24(12)41)6-43-25-19(39)17(37)21(10(5-31)47-25)48-27-20(40)23(42-2)14(34)9(4-30)46-27/h8-27,29-31,33-41H,3-6H2,1-2H3,(H,28,32)/t8-,9-,10-,11-,12-,13+,14+,15-,16+,17-,18-,19-,20-,21-,22-,23+,24-,25-,26+,27+/m1/s1. The Morgan fingerprint density at radius 1 is 0.571 bits per heavy atom. The molecule has 286 valence electrons. The summed E-state index contributed by atoms with van der Waals surface area (Å²) in [7, 11) is 1.18. The number of methoxy groups -OCH3 is 1. The summed E-state index contributed by atoms with van der Waals surface area (Å²) in [6.45, 7) is -1.95. The number of aliphatic hydroxyl groups is 12. The zero-order valence-corrected chi connectivity index (χ0v) is 26.4. The Morgan fingerprint density at radius 3 is 1.63 bits per heavy atom. The van der Waals surface area contributed by atoms with Crippen LogP contribution >= 0.6 is 0 Å². The van der Waals surface area contributed by atoms with Crippen LogP contribution in [0.3, 0.4) is 0 Å². The third kappa shape index (κ3) is 8.66. The van der Waals surface area contributed by atoms with E-state index >= 15 is 0 Å². The van der Waals surface area contributed by atoms with Gasteiger partial charge in [-0.05, 0) is 0 Å². The number of hydrogen-bond acceptors (Lipinski definition) is 21. The van der Waals surface area contributed by atoms with Crippen molar-refractivity contribution >= 4 is 5.91 Å². The lowest BCUT2D eigenvalue weighted by Crippen LogP contribution is -2.67. The molecule has 4 fully saturated rings. The van der Waals surface area contributed by atoms with Gasteiger partial charge in [-0.25, -0.2) is 0 Å². The summed E-state index contributed by atoms with van der Waals surface area (Å²) in [5.41, 5.74) is 0. The Labute approximate surface area is 278 Å². The van der Waals surface area contributed by atoms with E-state index < -0.39 is 155 Å². The Morgan fingerprint density at radius 2 is 1.08 bits per heavy atom. The molecule has 4 rings (SSSR count). The summed E-state index contributed by atoms with van der Waals surface area (Å²) in [6, 6.07) is -1.50. The van der Waals surface area contributed by atoms with Crippen LogP contribution in [0.2, 0.25) is 0 Å². The molecular weight excluding hydrogens is 674 g/mol. The second-order valence-electron chi connectivity index (χ2n) is 12.1. The molecule has 0 unspecified atom stereocenters. The number of amides is 1. The molecule has 0 aromatic carbocycles. The smallest absolute Gasteiger partial charge is 0.217 e. The van der Waals surface area contributed by atoms with Crippen LogP contribution in [0, 0.1) is 0 Å². The minimum absolute atomic E-state index is 0.681. The van der Waals surface area contributed by atoms with E-state index in [2.05, 4.69) is 5.32 Å². The molecule has 4 aliphatic heterocycles. The molecule has 0 spiro atoms. The number of carbonyl (C=O) groups excluding carboxylic acids is 1. The molecule has 4 saturated heterocycles. The van der Waals surface area contributed by atoms with Crippen molar-refractivity contribution in [3.63, 3.8) is 0 Å². The summed E-state index contributed by atoms with van der Waals surface area (Å²) in [5, 5.41) is 127. The second kappa shape index (κ2) is 17.5. The number of carbonyl (C=O) groups is 1. The summed E-state index contributed by atoms with van der Waals surface area (Å²) < 4.78 is 43.9. The normalized spacial score (nSPS) is 49.4. The van der Waals surface area contributed by atoms with Gasteiger partial charge in [0.1, 0.15) is 97.6 Å². The van der Waals surface area contributed by atoms with Gasteiger partial charge in [0.05, 0.1) is 26.4 Å². The molecule has 49 heavy (non-hydrogen) atoms. The van der Waals surface area contributed by atoms with Crippen molar-refractivity contribution in [2.45, 2.75) is 130 Å². The lowest BCUT2D eigenvalue weighted by Gasteiger charge is -2.48. The van der Waals surface area contributed by atoms with Gasteiger partial charge in [0, 0.05) is 14.0 Å². The van der Waals surface area contributed by atoms with Gasteiger partial charge < -0.3 is 104 Å². The molecule has 4 heterocycles. The molecule has 0 aromatic heterocycles. The maximum Gasteiger partial charge on any atom is 0.217 e. The van der Waals surface area contributed by atoms with Gasteiger partial charge in [0.25, 0.3) is 0 Å². The van der Waals surface area contributed by atoms with Crippen molar-refractivity contribution in [1.82, 2.24) is 5.32 Å². The van der Waals surface area contributed by atoms with Crippen LogP contribution in [0.1, 0.15) is 6.92 Å². The third-order valence-electron chi connectivity index (χ3n) is 8.83. The summed E-state index contributed by atoms with van der Waals surface area (Å²) in [5.74, 6) is -0.681. The van der Waals surface area contributed by atoms with Crippen LogP contribution in [0.25, 0.3) is 0 Å². The van der Waals surface area contributed by atoms with Gasteiger partial charge in [-0.15, -0.1) is 0 Å². The first kappa shape index (κ1) is 40.4. The van der Waals surface area contributed by atoms with Crippen LogP contribution in [-0.2, 0) is 42.7 Å². The highest BCUT2D eigenvalue weighted by atomic mass is 16.8. The van der Waals surface area contributed by atoms with Crippen LogP contribution in [-0.4, -0.2) is 223 Å². The Bertz CT molecular complexity index is 1040. The van der Waals surface area contributed by atoms with Crippen molar-refractivity contribution in [3.8, 4) is 0 Å². The number of nitrogens with one attached hydrogen (secondary N) is 1. The van der Waals surface area contributed by atoms with Crippen molar-refractivity contribution < 1.29 is 104 Å². The van der Waals surface area contributed by atoms with Crippen LogP contribution in [0.4, 0.5) is 0 Å². The summed E-state index contributed by atoms with van der Waals surface area (Å²) in [4.78, 5) is 11.7. The molecule has 20 atom stereocenters. The second-order valence-corrected chi connectivity index (χ2v) is 12.1. The van der Waals surface area contributed by atoms with Gasteiger partial charge in [0.2, 0.25) is 5.91 Å². The molecule has 4 aliphatic rings. The third-order valence-corrected chi connectivity index (χ3v) is 8.83. The Kier molecular flexibility index (Phi) is 14.4. The van der Waals surface area contributed by atoms with E-state index in [9.17, 15) is 66.1 Å². The first-order chi connectivity index (χ1) is 23.2. The summed E-state index contributed by atoms with van der Waals surface area (Å²) in [6.07, 6.45) is -31.4. The molecule has 1 amide bonds. The molecule has 0 aliphatic carbocycles. The lowest BCUT2D eigenvalue weighted by atomic mass is 9.95. The predicted octanol–water partition coefficient (Wildman–Crippen LogP) is -8.95. The van der Waals surface area contributed by atoms with E-state index in [1.165, 1.54) is 7.11 Å². The highest BCUT2D eigenvalue weighted by molar-refractivity contribution is 5.73. The molecule has 22 heteroatoms. The number of rotatable bonds is 12. The van der Waals surface area contributed by atoms with Gasteiger partial charge in [-0.3, -0.25) is 4.79 Å². The summed E-state index contributed by atoms with van der Waals surface area (Å²) >= 11 is 0. The van der Waals surface area contributed by atoms with Crippen molar-refractivity contribution in [2.75, 3.05) is 33.5 Å². The first-order valence-electron chi connectivity index (χ1n) is 15.5. The minimum Gasteiger partial charge on any atom is -0.394 e. The molecule has 0 radical (unpaired) electrons. The zero-order chi connectivity index (χ0) is 36.3. The maximum atomic E-state index is 11.7. The highest BCUT2D eigenvalue weighted by Gasteiger charge is 2.54. The minimum atomic E-state index is -1.93. The van der Waals surface area contributed by atoms with Crippen LogP contribution < -0.4 is 5.32 Å². The zero-order valence-electron chi connectivity index (χ0n) is 26.4. The fraction of sp³-hybridized carbons (Fsp3) is 0.963. The fourth-order valence-corrected chi connectivity index (χ4v) is 6.11. The number of hydrogen-bond donors (Lipinski definition) is 13. The molecule has 0 bridgehead atoms. The quantitative estimate of drug-likeness (QED) is 0.0889. The van der Waals surface area contributed by atoms with Gasteiger partial charge in [-0.2, -0.15) is 0 Å². The molecule has 13 N–H and O–H groups in total. The Hall–Kier alpha value is -1.33. The average molecular weight is 722 g/mol. The van der Waals surface area contributed by atoms with E-state index in [0.717, 1.165) is 6.92 Å². The molecule has 0 aromatic rings. The van der Waals surface area contributed by atoms with E-state index in [4.69, 9.17) is 37.9 Å². The van der Waals surface area contributed by atoms with Gasteiger partial charge in [0.15, 0.2) is 25.2 Å². The average Bonchev–Trinajstić information content (AvgIpc) is 3.07. The van der Waals surface area contributed by atoms with Gasteiger partial charge in [-0.1, -0.05) is 0 Å². The topological polar surface area (TPSA) is 346 Å². The number of ether oxygens (including phenoxy) is 8. The van der Waals surface area contributed by atoms with Crippen molar-refractivity contribution in [2.24, 2.45) is 0 Å². The largest absolute Gasteiger partial charge is 0.394 e. The SMILES string of the molecule is CO[C@H]1[C@@H](O)[C@@H](CO)O[C@@H](O[C@H]2[C@H](O)[C@@H](O)[C@H](OC[C@H]3O[C@@H](O)[C@H](NC(C)=O)[C@@H](O)[C@@H]3O[C@@H]3O[C@H](CO)[C@H](O)[C@H](O)[C@H]3O)O[C@@H]2CO)[C@@H]1O. The highest BCUT2D eigenvalue weighted by Crippen LogP contribution is 2.32. The van der Waals surface area contributed by atoms with Gasteiger partial charge >= 0.3 is 0 Å². The maximum absolute atomic E-state index is 11.7. The molecular formula is C27H47NO21. The lowest BCUT2D eigenvalue weighted by molar-refractivity contribution is -0.368. The van der Waals surface area contributed by atoms with E-state index in [0.29, 0.717) is 0 Å². The van der Waals surface area contributed by atoms with E-state index in [1.54, 1.807) is 0 Å². The van der Waals surface area contributed by atoms with Crippen LogP contribution in [0.5, 0.6) is 0 Å². The Balaban J connectivity index is 1.48. The number of aliphatic hydroxyl groups excluding tert-OH is 12. The predicted molar refractivity (Wildman–Crippen MR) is 150 cm³/mol.